The fourth-order valence-corrected chi connectivity index (χ4v) is 3.72. The van der Waals surface area contributed by atoms with Crippen LogP contribution in [0.15, 0.2) is 78.9 Å². The van der Waals surface area contributed by atoms with Crippen molar-refractivity contribution in [1.82, 2.24) is 4.90 Å². The number of amides is 2. The van der Waals surface area contributed by atoms with Crippen LogP contribution in [0.3, 0.4) is 0 Å². The number of benzene rings is 3. The summed E-state index contributed by atoms with van der Waals surface area (Å²) in [6.45, 7) is -0.700. The van der Waals surface area contributed by atoms with Gasteiger partial charge in [0.05, 0.1) is 16.1 Å². The molecule has 0 aliphatic carbocycles. The lowest BCUT2D eigenvalue weighted by Crippen LogP contribution is -2.47. The number of fused-ring (bicyclic) bond motifs is 1. The number of carbonyl (C=O) groups is 4. The Hall–Kier alpha value is -4.66. The van der Waals surface area contributed by atoms with Gasteiger partial charge >= 0.3 is 5.97 Å². The van der Waals surface area contributed by atoms with E-state index in [1.807, 2.05) is 0 Å². The Kier molecular flexibility index (Phi) is 6.26. The molecule has 3 aromatic rings. The highest BCUT2D eigenvalue weighted by Crippen LogP contribution is 2.26. The van der Waals surface area contributed by atoms with Gasteiger partial charge < -0.3 is 4.74 Å². The second-order valence-corrected chi connectivity index (χ2v) is 7.57. The third kappa shape index (κ3) is 4.44. The lowest BCUT2D eigenvalue weighted by molar-refractivity contribution is -0.384. The van der Waals surface area contributed by atoms with Crippen LogP contribution in [0.2, 0.25) is 0 Å². The molecule has 0 saturated carbocycles. The van der Waals surface area contributed by atoms with Crippen LogP contribution in [-0.4, -0.2) is 46.0 Å². The zero-order valence-corrected chi connectivity index (χ0v) is 17.7. The van der Waals surface area contributed by atoms with E-state index in [2.05, 4.69) is 0 Å². The molecule has 3 aromatic carbocycles. The van der Waals surface area contributed by atoms with Crippen molar-refractivity contribution in [2.75, 3.05) is 6.61 Å². The number of nitro benzene ring substituents is 1. The molecule has 0 bridgehead atoms. The standard InChI is InChI=1S/C25H18N2O7/c28-22(17-9-6-10-18(14-17)27(32)33)15-34-25(31)21(13-16-7-2-1-3-8-16)26-23(29)19-11-4-5-12-20(19)24(26)30/h1-12,14,21H,13,15H2/t21-/m0/s1. The van der Waals surface area contributed by atoms with Crippen molar-refractivity contribution in [1.29, 1.82) is 0 Å². The summed E-state index contributed by atoms with van der Waals surface area (Å²) in [5, 5.41) is 10.9. The van der Waals surface area contributed by atoms with E-state index < -0.39 is 41.1 Å². The van der Waals surface area contributed by atoms with Crippen molar-refractivity contribution in [2.45, 2.75) is 12.5 Å². The number of nitro groups is 1. The van der Waals surface area contributed by atoms with Gasteiger partial charge in [-0.2, -0.15) is 0 Å². The summed E-state index contributed by atoms with van der Waals surface area (Å²) in [6, 6.07) is 18.8. The van der Waals surface area contributed by atoms with E-state index in [0.717, 1.165) is 11.0 Å². The molecule has 9 nitrogen and oxygen atoms in total. The Balaban J connectivity index is 1.56. The number of hydrogen-bond donors (Lipinski definition) is 0. The molecule has 0 radical (unpaired) electrons. The highest BCUT2D eigenvalue weighted by molar-refractivity contribution is 6.22. The van der Waals surface area contributed by atoms with Crippen molar-refractivity contribution in [3.8, 4) is 0 Å². The van der Waals surface area contributed by atoms with E-state index in [4.69, 9.17) is 4.74 Å². The van der Waals surface area contributed by atoms with Gasteiger partial charge in [0.15, 0.2) is 6.61 Å². The van der Waals surface area contributed by atoms with Gasteiger partial charge in [-0.15, -0.1) is 0 Å². The Morgan fingerprint density at radius 1 is 0.882 bits per heavy atom. The van der Waals surface area contributed by atoms with Crippen LogP contribution >= 0.6 is 0 Å². The fraction of sp³-hybridized carbons (Fsp3) is 0.120. The van der Waals surface area contributed by atoms with Crippen molar-refractivity contribution in [3.63, 3.8) is 0 Å². The van der Waals surface area contributed by atoms with Crippen LogP contribution in [0.25, 0.3) is 0 Å². The second kappa shape index (κ2) is 9.45. The summed E-state index contributed by atoms with van der Waals surface area (Å²) in [4.78, 5) is 62.7. The van der Waals surface area contributed by atoms with Crippen LogP contribution in [0, 0.1) is 10.1 Å². The normalized spacial score (nSPS) is 13.4. The van der Waals surface area contributed by atoms with E-state index in [-0.39, 0.29) is 28.8 Å². The predicted molar refractivity (Wildman–Crippen MR) is 119 cm³/mol. The average molecular weight is 458 g/mol. The van der Waals surface area contributed by atoms with Crippen molar-refractivity contribution in [2.24, 2.45) is 0 Å². The summed E-state index contributed by atoms with van der Waals surface area (Å²) in [5.74, 6) is -2.83. The van der Waals surface area contributed by atoms with Crippen LogP contribution in [0.4, 0.5) is 5.69 Å². The lowest BCUT2D eigenvalue weighted by atomic mass is 10.0. The summed E-state index contributed by atoms with van der Waals surface area (Å²) in [6.07, 6.45) is -0.00383. The molecule has 0 saturated heterocycles. The number of non-ortho nitro benzene ring substituents is 1. The molecular weight excluding hydrogens is 440 g/mol. The van der Waals surface area contributed by atoms with Crippen LogP contribution in [0.5, 0.6) is 0 Å². The number of rotatable bonds is 8. The molecule has 9 heteroatoms. The maximum Gasteiger partial charge on any atom is 0.330 e. The maximum absolute atomic E-state index is 13.1. The van der Waals surface area contributed by atoms with Gasteiger partial charge in [-0.1, -0.05) is 54.6 Å². The third-order valence-electron chi connectivity index (χ3n) is 5.41. The van der Waals surface area contributed by atoms with Gasteiger partial charge in [0, 0.05) is 24.1 Å². The van der Waals surface area contributed by atoms with Gasteiger partial charge in [0.25, 0.3) is 17.5 Å². The quantitative estimate of drug-likeness (QED) is 0.167. The highest BCUT2D eigenvalue weighted by atomic mass is 16.6. The van der Waals surface area contributed by atoms with Crippen molar-refractivity contribution < 1.29 is 28.8 Å². The fourth-order valence-electron chi connectivity index (χ4n) is 3.72. The van der Waals surface area contributed by atoms with E-state index in [1.165, 1.54) is 30.3 Å². The first-order valence-electron chi connectivity index (χ1n) is 10.3. The molecule has 0 N–H and O–H groups in total. The number of nitrogens with zero attached hydrogens (tertiary/aromatic N) is 2. The molecular formula is C25H18N2O7. The summed E-state index contributed by atoms with van der Waals surface area (Å²) >= 11 is 0. The largest absolute Gasteiger partial charge is 0.456 e. The first kappa shape index (κ1) is 22.5. The number of Topliss-reactive ketones (excluding diaryl/α,β-unsaturated/α-hetero) is 1. The summed E-state index contributed by atoms with van der Waals surface area (Å²) in [5.41, 5.74) is 0.788. The van der Waals surface area contributed by atoms with Crippen LogP contribution in [-0.2, 0) is 16.0 Å². The van der Waals surface area contributed by atoms with Crippen molar-refractivity contribution >= 4 is 29.3 Å². The molecule has 1 heterocycles. The molecule has 34 heavy (non-hydrogen) atoms. The monoisotopic (exact) mass is 458 g/mol. The van der Waals surface area contributed by atoms with Crippen LogP contribution < -0.4 is 0 Å². The van der Waals surface area contributed by atoms with E-state index in [9.17, 15) is 29.3 Å². The molecule has 1 aliphatic rings. The Labute approximate surface area is 193 Å². The van der Waals surface area contributed by atoms with Crippen molar-refractivity contribution in [3.05, 3.63) is 111 Å². The smallest absolute Gasteiger partial charge is 0.330 e. The first-order chi connectivity index (χ1) is 16.4. The number of esters is 1. The minimum absolute atomic E-state index is 0.00217. The second-order valence-electron chi connectivity index (χ2n) is 7.57. The lowest BCUT2D eigenvalue weighted by Gasteiger charge is -2.24. The number of imide groups is 1. The first-order valence-corrected chi connectivity index (χ1v) is 10.3. The Bertz CT molecular complexity index is 1270. The number of ether oxygens (including phenoxy) is 1. The maximum atomic E-state index is 13.1. The number of ketones is 1. The van der Waals surface area contributed by atoms with Gasteiger partial charge in [0.2, 0.25) is 5.78 Å². The van der Waals surface area contributed by atoms with E-state index in [0.29, 0.717) is 5.56 Å². The number of hydrogen-bond acceptors (Lipinski definition) is 7. The number of carbonyl (C=O) groups excluding carboxylic acids is 4. The van der Waals surface area contributed by atoms with Gasteiger partial charge in [0.1, 0.15) is 6.04 Å². The van der Waals surface area contributed by atoms with Gasteiger partial charge in [-0.3, -0.25) is 29.4 Å². The third-order valence-corrected chi connectivity index (χ3v) is 5.41. The zero-order valence-electron chi connectivity index (χ0n) is 17.7. The summed E-state index contributed by atoms with van der Waals surface area (Å²) in [7, 11) is 0. The minimum Gasteiger partial charge on any atom is -0.456 e. The molecule has 0 unspecified atom stereocenters. The highest BCUT2D eigenvalue weighted by Gasteiger charge is 2.43. The Morgan fingerprint density at radius 2 is 1.50 bits per heavy atom. The SMILES string of the molecule is O=C(COC(=O)[C@H](Cc1ccccc1)N1C(=O)c2ccccc2C1=O)c1cccc([N+](=O)[O-])c1. The molecule has 0 fully saturated rings. The molecule has 1 atom stereocenters. The van der Waals surface area contributed by atoms with E-state index >= 15 is 0 Å². The van der Waals surface area contributed by atoms with Gasteiger partial charge in [-0.25, -0.2) is 4.79 Å². The molecule has 170 valence electrons. The molecule has 4 rings (SSSR count). The topological polar surface area (TPSA) is 124 Å². The predicted octanol–water partition coefficient (Wildman–Crippen LogP) is 3.23. The molecule has 1 aliphatic heterocycles. The van der Waals surface area contributed by atoms with E-state index in [1.54, 1.807) is 42.5 Å². The van der Waals surface area contributed by atoms with Gasteiger partial charge in [-0.05, 0) is 17.7 Å². The Morgan fingerprint density at radius 3 is 2.12 bits per heavy atom. The summed E-state index contributed by atoms with van der Waals surface area (Å²) < 4.78 is 5.20. The van der Waals surface area contributed by atoms with Crippen LogP contribution in [0.1, 0.15) is 36.6 Å². The zero-order chi connectivity index (χ0) is 24.2. The molecule has 0 spiro atoms. The molecule has 0 aromatic heterocycles. The average Bonchev–Trinajstić information content (AvgIpc) is 3.11. The molecule has 2 amide bonds. The minimum atomic E-state index is -1.30.